The van der Waals surface area contributed by atoms with Crippen LogP contribution >= 0.6 is 0 Å². The standard InChI is InChI=1S/C16H33NO/c1-5-6-7-8-11-18-15-12-13(16(2,3)4)9-10-14(15)17/h13-15H,5-12,17H2,1-4H3. The van der Waals surface area contributed by atoms with Gasteiger partial charge in [0.25, 0.3) is 0 Å². The van der Waals surface area contributed by atoms with Gasteiger partial charge in [-0.25, -0.2) is 0 Å². The summed E-state index contributed by atoms with van der Waals surface area (Å²) in [5, 5.41) is 0. The monoisotopic (exact) mass is 255 g/mol. The van der Waals surface area contributed by atoms with E-state index in [2.05, 4.69) is 27.7 Å². The van der Waals surface area contributed by atoms with Crippen molar-refractivity contribution in [1.82, 2.24) is 0 Å². The van der Waals surface area contributed by atoms with Crippen LogP contribution < -0.4 is 5.73 Å². The molecular formula is C16H33NO. The van der Waals surface area contributed by atoms with Gasteiger partial charge in [-0.3, -0.25) is 0 Å². The summed E-state index contributed by atoms with van der Waals surface area (Å²) in [6.07, 6.45) is 8.93. The Labute approximate surface area is 114 Å². The SMILES string of the molecule is CCCCCCOC1CC(C(C)(C)C)CCC1N. The third kappa shape index (κ3) is 5.27. The fourth-order valence-electron chi connectivity index (χ4n) is 2.89. The van der Waals surface area contributed by atoms with Crippen LogP contribution in [0, 0.1) is 11.3 Å². The Bertz CT molecular complexity index is 222. The fraction of sp³-hybridized carbons (Fsp3) is 1.00. The van der Waals surface area contributed by atoms with Crippen molar-refractivity contribution in [3.8, 4) is 0 Å². The van der Waals surface area contributed by atoms with Crippen molar-refractivity contribution in [2.24, 2.45) is 17.1 Å². The van der Waals surface area contributed by atoms with Crippen LogP contribution in [0.3, 0.4) is 0 Å². The van der Waals surface area contributed by atoms with Gasteiger partial charge in [0, 0.05) is 12.6 Å². The van der Waals surface area contributed by atoms with E-state index in [1.807, 2.05) is 0 Å². The minimum absolute atomic E-state index is 0.259. The molecule has 0 bridgehead atoms. The highest BCUT2D eigenvalue weighted by molar-refractivity contribution is 4.88. The van der Waals surface area contributed by atoms with Gasteiger partial charge in [0.2, 0.25) is 0 Å². The maximum Gasteiger partial charge on any atom is 0.0728 e. The topological polar surface area (TPSA) is 35.2 Å². The van der Waals surface area contributed by atoms with Crippen LogP contribution in [0.5, 0.6) is 0 Å². The second kappa shape index (κ2) is 7.49. The number of nitrogens with two attached hydrogens (primary N) is 1. The number of hydrogen-bond donors (Lipinski definition) is 1. The normalized spacial score (nSPS) is 29.5. The van der Waals surface area contributed by atoms with Crippen molar-refractivity contribution in [2.75, 3.05) is 6.61 Å². The predicted octanol–water partition coefficient (Wildman–Crippen LogP) is 4.13. The summed E-state index contributed by atoms with van der Waals surface area (Å²) in [5.41, 5.74) is 6.59. The van der Waals surface area contributed by atoms with Crippen LogP contribution in [0.1, 0.15) is 72.6 Å². The zero-order valence-electron chi connectivity index (χ0n) is 12.9. The summed E-state index contributed by atoms with van der Waals surface area (Å²) in [7, 11) is 0. The summed E-state index contributed by atoms with van der Waals surface area (Å²) < 4.78 is 6.04. The number of rotatable bonds is 6. The Morgan fingerprint density at radius 2 is 1.83 bits per heavy atom. The van der Waals surface area contributed by atoms with Gasteiger partial charge in [0.1, 0.15) is 0 Å². The molecule has 0 radical (unpaired) electrons. The Balaban J connectivity index is 2.29. The zero-order chi connectivity index (χ0) is 13.6. The molecule has 0 spiro atoms. The lowest BCUT2D eigenvalue weighted by Crippen LogP contribution is -2.44. The Hall–Kier alpha value is -0.0800. The zero-order valence-corrected chi connectivity index (χ0v) is 12.9. The van der Waals surface area contributed by atoms with E-state index in [1.54, 1.807) is 0 Å². The van der Waals surface area contributed by atoms with Gasteiger partial charge in [-0.1, -0.05) is 47.0 Å². The summed E-state index contributed by atoms with van der Waals surface area (Å²) in [6, 6.07) is 0.259. The summed E-state index contributed by atoms with van der Waals surface area (Å²) >= 11 is 0. The molecule has 0 amide bonds. The Morgan fingerprint density at radius 3 is 2.44 bits per heavy atom. The fourth-order valence-corrected chi connectivity index (χ4v) is 2.89. The van der Waals surface area contributed by atoms with Gasteiger partial charge in [-0.2, -0.15) is 0 Å². The minimum Gasteiger partial charge on any atom is -0.377 e. The van der Waals surface area contributed by atoms with Crippen LogP contribution in [0.2, 0.25) is 0 Å². The molecule has 2 N–H and O–H groups in total. The first-order valence-electron chi connectivity index (χ1n) is 7.82. The van der Waals surface area contributed by atoms with Gasteiger partial charge < -0.3 is 10.5 Å². The van der Waals surface area contributed by atoms with Crippen LogP contribution in [0.25, 0.3) is 0 Å². The van der Waals surface area contributed by atoms with E-state index in [4.69, 9.17) is 10.5 Å². The molecule has 1 aliphatic carbocycles. The molecule has 108 valence electrons. The van der Waals surface area contributed by atoms with Crippen LogP contribution in [0.15, 0.2) is 0 Å². The molecule has 3 unspecified atom stereocenters. The summed E-state index contributed by atoms with van der Waals surface area (Å²) in [5.74, 6) is 0.762. The molecule has 1 saturated carbocycles. The van der Waals surface area contributed by atoms with Gasteiger partial charge in [-0.05, 0) is 37.0 Å². The molecule has 1 rings (SSSR count). The van der Waals surface area contributed by atoms with E-state index in [0.29, 0.717) is 11.5 Å². The van der Waals surface area contributed by atoms with E-state index in [-0.39, 0.29) is 6.04 Å². The number of ether oxygens (including phenoxy) is 1. The van der Waals surface area contributed by atoms with Gasteiger partial charge in [0.05, 0.1) is 6.10 Å². The highest BCUT2D eigenvalue weighted by atomic mass is 16.5. The molecule has 18 heavy (non-hydrogen) atoms. The highest BCUT2D eigenvalue weighted by Gasteiger charge is 2.34. The molecule has 0 aromatic carbocycles. The number of unbranched alkanes of at least 4 members (excludes halogenated alkanes) is 3. The van der Waals surface area contributed by atoms with E-state index in [9.17, 15) is 0 Å². The largest absolute Gasteiger partial charge is 0.377 e. The van der Waals surface area contributed by atoms with Crippen molar-refractivity contribution in [2.45, 2.75) is 84.8 Å². The molecule has 1 aliphatic rings. The molecule has 2 nitrogen and oxygen atoms in total. The molecular weight excluding hydrogens is 222 g/mol. The van der Waals surface area contributed by atoms with Gasteiger partial charge in [-0.15, -0.1) is 0 Å². The lowest BCUT2D eigenvalue weighted by atomic mass is 9.70. The predicted molar refractivity (Wildman–Crippen MR) is 78.7 cm³/mol. The Kier molecular flexibility index (Phi) is 6.65. The minimum atomic E-state index is 0.259. The third-order valence-corrected chi connectivity index (χ3v) is 4.40. The van der Waals surface area contributed by atoms with Crippen molar-refractivity contribution in [3.63, 3.8) is 0 Å². The van der Waals surface area contributed by atoms with Crippen molar-refractivity contribution < 1.29 is 4.74 Å². The average molecular weight is 255 g/mol. The highest BCUT2D eigenvalue weighted by Crippen LogP contribution is 2.38. The quantitative estimate of drug-likeness (QED) is 0.724. The molecule has 0 aromatic rings. The molecule has 0 saturated heterocycles. The molecule has 2 heteroatoms. The van der Waals surface area contributed by atoms with Gasteiger partial charge >= 0.3 is 0 Å². The lowest BCUT2D eigenvalue weighted by molar-refractivity contribution is -0.0202. The second-order valence-corrected chi connectivity index (χ2v) is 7.01. The number of hydrogen-bond acceptors (Lipinski definition) is 2. The van der Waals surface area contributed by atoms with Crippen LogP contribution in [0.4, 0.5) is 0 Å². The molecule has 0 aromatic heterocycles. The second-order valence-electron chi connectivity index (χ2n) is 7.01. The third-order valence-electron chi connectivity index (χ3n) is 4.40. The van der Waals surface area contributed by atoms with Crippen molar-refractivity contribution in [3.05, 3.63) is 0 Å². The van der Waals surface area contributed by atoms with E-state index >= 15 is 0 Å². The molecule has 1 fully saturated rings. The average Bonchev–Trinajstić information content (AvgIpc) is 2.29. The van der Waals surface area contributed by atoms with Crippen LogP contribution in [-0.2, 0) is 4.74 Å². The summed E-state index contributed by atoms with van der Waals surface area (Å²) in [6.45, 7) is 10.2. The first-order chi connectivity index (χ1) is 8.45. The smallest absolute Gasteiger partial charge is 0.0728 e. The maximum absolute atomic E-state index is 6.20. The van der Waals surface area contributed by atoms with E-state index in [0.717, 1.165) is 25.4 Å². The first-order valence-corrected chi connectivity index (χ1v) is 7.82. The lowest BCUT2D eigenvalue weighted by Gasteiger charge is -2.40. The van der Waals surface area contributed by atoms with Gasteiger partial charge in [0.15, 0.2) is 0 Å². The Morgan fingerprint density at radius 1 is 1.11 bits per heavy atom. The molecule has 3 atom stereocenters. The van der Waals surface area contributed by atoms with Crippen LogP contribution in [-0.4, -0.2) is 18.8 Å². The molecule has 0 heterocycles. The maximum atomic E-state index is 6.20. The molecule has 0 aliphatic heterocycles. The van der Waals surface area contributed by atoms with E-state index < -0.39 is 0 Å². The van der Waals surface area contributed by atoms with Crippen molar-refractivity contribution in [1.29, 1.82) is 0 Å². The van der Waals surface area contributed by atoms with E-state index in [1.165, 1.54) is 32.1 Å². The summed E-state index contributed by atoms with van der Waals surface area (Å²) in [4.78, 5) is 0. The van der Waals surface area contributed by atoms with Crippen molar-refractivity contribution >= 4 is 0 Å². The first kappa shape index (κ1) is 16.0.